The Morgan fingerprint density at radius 1 is 1.38 bits per heavy atom. The molecule has 0 saturated heterocycles. The Balaban J connectivity index is 2.67. The third-order valence-electron chi connectivity index (χ3n) is 2.83. The van der Waals surface area contributed by atoms with Crippen LogP contribution in [-0.2, 0) is 0 Å². The highest BCUT2D eigenvalue weighted by Crippen LogP contribution is 2.26. The lowest BCUT2D eigenvalue weighted by Gasteiger charge is -2.26. The third-order valence-corrected chi connectivity index (χ3v) is 4.38. The lowest BCUT2D eigenvalue weighted by Crippen LogP contribution is -2.45. The van der Waals surface area contributed by atoms with Crippen molar-refractivity contribution in [2.45, 2.75) is 31.2 Å². The van der Waals surface area contributed by atoms with Crippen molar-refractivity contribution in [3.05, 3.63) is 29.3 Å². The second kappa shape index (κ2) is 5.71. The van der Waals surface area contributed by atoms with Gasteiger partial charge in [0.15, 0.2) is 0 Å². The lowest BCUT2D eigenvalue weighted by atomic mass is 10.1. The fourth-order valence-corrected chi connectivity index (χ4v) is 2.56. The molecule has 0 aromatic heterocycles. The maximum Gasteiger partial charge on any atom is 0.0618 e. The van der Waals surface area contributed by atoms with E-state index in [1.54, 1.807) is 11.8 Å². The van der Waals surface area contributed by atoms with Crippen molar-refractivity contribution in [2.24, 2.45) is 0 Å². The highest BCUT2D eigenvalue weighted by Gasteiger charge is 2.21. The molecule has 0 amide bonds. The zero-order chi connectivity index (χ0) is 12.2. The highest BCUT2D eigenvalue weighted by molar-refractivity contribution is 7.99. The summed E-state index contributed by atoms with van der Waals surface area (Å²) in [5.74, 6) is 0.865. The Morgan fingerprint density at radius 2 is 2.06 bits per heavy atom. The van der Waals surface area contributed by atoms with Crippen LogP contribution in [0.25, 0.3) is 0 Å². The van der Waals surface area contributed by atoms with Crippen molar-refractivity contribution < 1.29 is 5.11 Å². The molecule has 1 aromatic carbocycles. The molecule has 1 unspecified atom stereocenters. The number of aryl methyl sites for hydroxylation is 2. The number of rotatable bonds is 5. The summed E-state index contributed by atoms with van der Waals surface area (Å²) in [6.07, 6.45) is 0. The quantitative estimate of drug-likeness (QED) is 0.774. The number of hydrogen-bond acceptors (Lipinski definition) is 3. The van der Waals surface area contributed by atoms with Gasteiger partial charge in [0.05, 0.1) is 6.61 Å². The van der Waals surface area contributed by atoms with Gasteiger partial charge in [0.2, 0.25) is 0 Å². The van der Waals surface area contributed by atoms with Crippen molar-refractivity contribution in [1.82, 2.24) is 5.32 Å². The van der Waals surface area contributed by atoms with Crippen LogP contribution in [-0.4, -0.2) is 30.1 Å². The van der Waals surface area contributed by atoms with Crippen LogP contribution in [0.2, 0.25) is 0 Å². The summed E-state index contributed by atoms with van der Waals surface area (Å²) in [5, 5.41) is 12.5. The van der Waals surface area contributed by atoms with Crippen LogP contribution in [0.4, 0.5) is 0 Å². The van der Waals surface area contributed by atoms with Crippen LogP contribution in [0, 0.1) is 13.8 Å². The number of aliphatic hydroxyl groups excluding tert-OH is 1. The Bertz CT molecular complexity index is 348. The predicted molar refractivity (Wildman–Crippen MR) is 71.2 cm³/mol. The second-order valence-corrected chi connectivity index (χ2v) is 5.54. The largest absolute Gasteiger partial charge is 0.394 e. The summed E-state index contributed by atoms with van der Waals surface area (Å²) in [5.41, 5.74) is 2.39. The van der Waals surface area contributed by atoms with E-state index in [9.17, 15) is 5.11 Å². The summed E-state index contributed by atoms with van der Waals surface area (Å²) >= 11 is 1.79. The van der Waals surface area contributed by atoms with Gasteiger partial charge in [0.25, 0.3) is 0 Å². The van der Waals surface area contributed by atoms with Gasteiger partial charge in [-0.05, 0) is 39.4 Å². The van der Waals surface area contributed by atoms with E-state index in [2.05, 4.69) is 37.4 Å². The van der Waals surface area contributed by atoms with Gasteiger partial charge in [-0.3, -0.25) is 0 Å². The summed E-state index contributed by atoms with van der Waals surface area (Å²) in [6.45, 7) is 6.42. The SMILES string of the molecule is CNC(C)(CO)CSc1ccc(C)cc1C. The van der Waals surface area contributed by atoms with Crippen LogP contribution in [0.1, 0.15) is 18.1 Å². The normalized spacial score (nSPS) is 14.8. The smallest absolute Gasteiger partial charge is 0.0618 e. The van der Waals surface area contributed by atoms with Gasteiger partial charge in [-0.1, -0.05) is 17.7 Å². The van der Waals surface area contributed by atoms with E-state index in [4.69, 9.17) is 0 Å². The molecule has 0 bridgehead atoms. The van der Waals surface area contributed by atoms with Crippen LogP contribution in [0.3, 0.4) is 0 Å². The fraction of sp³-hybridized carbons (Fsp3) is 0.538. The molecule has 0 aliphatic rings. The average Bonchev–Trinajstić information content (AvgIpc) is 2.27. The van der Waals surface area contributed by atoms with Crippen LogP contribution in [0.15, 0.2) is 23.1 Å². The standard InChI is InChI=1S/C13H21NOS/c1-10-5-6-12(11(2)7-10)16-9-13(3,8-15)14-4/h5-7,14-15H,8-9H2,1-4H3. The van der Waals surface area contributed by atoms with E-state index < -0.39 is 0 Å². The Kier molecular flexibility index (Phi) is 4.84. The van der Waals surface area contributed by atoms with E-state index in [0.29, 0.717) is 0 Å². The summed E-state index contributed by atoms with van der Waals surface area (Å²) < 4.78 is 0. The van der Waals surface area contributed by atoms with Crippen molar-refractivity contribution in [2.75, 3.05) is 19.4 Å². The number of hydrogen-bond donors (Lipinski definition) is 2. The molecule has 0 radical (unpaired) electrons. The van der Waals surface area contributed by atoms with Gasteiger partial charge in [0, 0.05) is 16.2 Å². The van der Waals surface area contributed by atoms with Crippen LogP contribution >= 0.6 is 11.8 Å². The number of likely N-dealkylation sites (N-methyl/N-ethyl adjacent to an activating group) is 1. The molecule has 0 aliphatic heterocycles. The highest BCUT2D eigenvalue weighted by atomic mass is 32.2. The van der Waals surface area contributed by atoms with Gasteiger partial charge in [0.1, 0.15) is 0 Å². The number of aliphatic hydroxyl groups is 1. The van der Waals surface area contributed by atoms with Crippen LogP contribution in [0.5, 0.6) is 0 Å². The minimum absolute atomic E-state index is 0.154. The first-order valence-corrected chi connectivity index (χ1v) is 6.49. The third kappa shape index (κ3) is 3.51. The average molecular weight is 239 g/mol. The molecule has 0 aliphatic carbocycles. The predicted octanol–water partition coefficient (Wildman–Crippen LogP) is 2.37. The molecule has 0 heterocycles. The first-order chi connectivity index (χ1) is 7.50. The molecule has 90 valence electrons. The first-order valence-electron chi connectivity index (χ1n) is 5.50. The summed E-state index contributed by atoms with van der Waals surface area (Å²) in [4.78, 5) is 1.29. The fourth-order valence-electron chi connectivity index (χ4n) is 1.40. The molecule has 2 nitrogen and oxygen atoms in total. The molecule has 1 atom stereocenters. The van der Waals surface area contributed by atoms with Crippen LogP contribution < -0.4 is 5.32 Å². The van der Waals surface area contributed by atoms with E-state index >= 15 is 0 Å². The molecule has 0 fully saturated rings. The molecule has 2 N–H and O–H groups in total. The Hall–Kier alpha value is -0.510. The zero-order valence-corrected chi connectivity index (χ0v) is 11.3. The van der Waals surface area contributed by atoms with Crippen molar-refractivity contribution in [3.8, 4) is 0 Å². The maximum absolute atomic E-state index is 9.30. The molecular formula is C13H21NOS. The van der Waals surface area contributed by atoms with E-state index in [1.807, 2.05) is 14.0 Å². The van der Waals surface area contributed by atoms with Gasteiger partial charge in [-0.25, -0.2) is 0 Å². The molecular weight excluding hydrogens is 218 g/mol. The monoisotopic (exact) mass is 239 g/mol. The van der Waals surface area contributed by atoms with Gasteiger partial charge in [-0.15, -0.1) is 11.8 Å². The summed E-state index contributed by atoms with van der Waals surface area (Å²) in [6, 6.07) is 6.48. The molecule has 16 heavy (non-hydrogen) atoms. The lowest BCUT2D eigenvalue weighted by molar-refractivity contribution is 0.200. The number of benzene rings is 1. The maximum atomic E-state index is 9.30. The van der Waals surface area contributed by atoms with Gasteiger partial charge in [-0.2, -0.15) is 0 Å². The molecule has 1 rings (SSSR count). The van der Waals surface area contributed by atoms with Gasteiger partial charge < -0.3 is 10.4 Å². The van der Waals surface area contributed by atoms with E-state index in [-0.39, 0.29) is 12.1 Å². The first kappa shape index (κ1) is 13.6. The van der Waals surface area contributed by atoms with Gasteiger partial charge >= 0.3 is 0 Å². The second-order valence-electron chi connectivity index (χ2n) is 4.53. The molecule has 3 heteroatoms. The number of nitrogens with one attached hydrogen (secondary N) is 1. The van der Waals surface area contributed by atoms with E-state index in [0.717, 1.165) is 5.75 Å². The zero-order valence-electron chi connectivity index (χ0n) is 10.5. The molecule has 1 aromatic rings. The van der Waals surface area contributed by atoms with E-state index in [1.165, 1.54) is 16.0 Å². The molecule has 0 saturated carbocycles. The molecule has 0 spiro atoms. The minimum atomic E-state index is -0.206. The Morgan fingerprint density at radius 3 is 2.56 bits per heavy atom. The summed E-state index contributed by atoms with van der Waals surface area (Å²) in [7, 11) is 1.89. The Labute approximate surface area is 102 Å². The van der Waals surface area contributed by atoms with Crippen molar-refractivity contribution in [3.63, 3.8) is 0 Å². The van der Waals surface area contributed by atoms with Crippen molar-refractivity contribution >= 4 is 11.8 Å². The minimum Gasteiger partial charge on any atom is -0.394 e. The number of thioether (sulfide) groups is 1. The topological polar surface area (TPSA) is 32.3 Å². The van der Waals surface area contributed by atoms with Crippen molar-refractivity contribution in [1.29, 1.82) is 0 Å².